The number of carbonyl (C=O) groups is 1. The summed E-state index contributed by atoms with van der Waals surface area (Å²) in [6.07, 6.45) is 3.72. The molecular formula is C15H24ClN3O3S. The standard InChI is InChI=1S/C15H23N3O3S.ClH/c1-2-10-17-22(20,21)13-8-6-12(7-9-13)18-15(19)14-5-3-4-11-16-14;/h6-9,14,16-17H,2-5,10-11H2,1H3,(H,18,19);1H. The molecule has 8 heteroatoms. The van der Waals surface area contributed by atoms with E-state index in [9.17, 15) is 13.2 Å². The first-order chi connectivity index (χ1) is 10.5. The molecular weight excluding hydrogens is 338 g/mol. The van der Waals surface area contributed by atoms with Crippen LogP contribution >= 0.6 is 12.4 Å². The van der Waals surface area contributed by atoms with E-state index >= 15 is 0 Å². The van der Waals surface area contributed by atoms with Crippen LogP contribution in [0.1, 0.15) is 32.6 Å². The molecule has 0 bridgehead atoms. The van der Waals surface area contributed by atoms with Crippen LogP contribution < -0.4 is 15.4 Å². The molecule has 0 saturated carbocycles. The molecule has 1 heterocycles. The number of rotatable bonds is 6. The van der Waals surface area contributed by atoms with Crippen LogP contribution in [0.3, 0.4) is 0 Å². The van der Waals surface area contributed by atoms with Crippen LogP contribution in [0.4, 0.5) is 5.69 Å². The van der Waals surface area contributed by atoms with Crippen LogP contribution in [-0.4, -0.2) is 33.5 Å². The molecule has 1 saturated heterocycles. The fraction of sp³-hybridized carbons (Fsp3) is 0.533. The minimum absolute atomic E-state index is 0. The molecule has 130 valence electrons. The Morgan fingerprint density at radius 3 is 2.52 bits per heavy atom. The summed E-state index contributed by atoms with van der Waals surface area (Å²) in [5, 5.41) is 6.00. The number of carbonyl (C=O) groups excluding carboxylic acids is 1. The molecule has 0 aromatic heterocycles. The van der Waals surface area contributed by atoms with Crippen LogP contribution in [-0.2, 0) is 14.8 Å². The highest BCUT2D eigenvalue weighted by Crippen LogP contribution is 2.15. The highest BCUT2D eigenvalue weighted by atomic mass is 35.5. The van der Waals surface area contributed by atoms with Crippen molar-refractivity contribution in [2.24, 2.45) is 0 Å². The van der Waals surface area contributed by atoms with Crippen molar-refractivity contribution in [3.8, 4) is 0 Å². The van der Waals surface area contributed by atoms with Crippen molar-refractivity contribution in [1.29, 1.82) is 0 Å². The lowest BCUT2D eigenvalue weighted by Crippen LogP contribution is -2.43. The van der Waals surface area contributed by atoms with E-state index in [4.69, 9.17) is 0 Å². The van der Waals surface area contributed by atoms with Gasteiger partial charge in [0.25, 0.3) is 0 Å². The van der Waals surface area contributed by atoms with E-state index in [1.165, 1.54) is 12.1 Å². The van der Waals surface area contributed by atoms with E-state index in [2.05, 4.69) is 15.4 Å². The third-order valence-corrected chi connectivity index (χ3v) is 5.08. The number of hydrogen-bond acceptors (Lipinski definition) is 4. The van der Waals surface area contributed by atoms with E-state index in [1.54, 1.807) is 12.1 Å². The van der Waals surface area contributed by atoms with Gasteiger partial charge in [0, 0.05) is 12.2 Å². The van der Waals surface area contributed by atoms with Crippen LogP contribution in [0.5, 0.6) is 0 Å². The minimum Gasteiger partial charge on any atom is -0.325 e. The van der Waals surface area contributed by atoms with Gasteiger partial charge in [-0.1, -0.05) is 13.3 Å². The van der Waals surface area contributed by atoms with Gasteiger partial charge in [0.2, 0.25) is 15.9 Å². The Balaban J connectivity index is 0.00000264. The van der Waals surface area contributed by atoms with E-state index in [-0.39, 0.29) is 29.3 Å². The highest BCUT2D eigenvalue weighted by molar-refractivity contribution is 7.89. The maximum absolute atomic E-state index is 12.1. The number of halogens is 1. The molecule has 1 aromatic carbocycles. The Labute approximate surface area is 143 Å². The van der Waals surface area contributed by atoms with Crippen molar-refractivity contribution in [1.82, 2.24) is 10.0 Å². The highest BCUT2D eigenvalue weighted by Gasteiger charge is 2.20. The molecule has 1 aliphatic heterocycles. The number of piperidine rings is 1. The van der Waals surface area contributed by atoms with E-state index in [0.717, 1.165) is 32.2 Å². The van der Waals surface area contributed by atoms with Gasteiger partial charge in [0.1, 0.15) is 0 Å². The number of nitrogens with one attached hydrogen (secondary N) is 3. The van der Waals surface area contributed by atoms with Gasteiger partial charge in [-0.05, 0) is 50.1 Å². The molecule has 1 unspecified atom stereocenters. The molecule has 6 nitrogen and oxygen atoms in total. The van der Waals surface area contributed by atoms with Gasteiger partial charge in [-0.15, -0.1) is 12.4 Å². The Hall–Kier alpha value is -1.15. The first-order valence-corrected chi connectivity index (χ1v) is 9.15. The van der Waals surface area contributed by atoms with Crippen LogP contribution in [0.15, 0.2) is 29.2 Å². The largest absolute Gasteiger partial charge is 0.325 e. The van der Waals surface area contributed by atoms with Gasteiger partial charge < -0.3 is 10.6 Å². The lowest BCUT2D eigenvalue weighted by atomic mass is 10.0. The maximum Gasteiger partial charge on any atom is 0.241 e. The Morgan fingerprint density at radius 1 is 1.26 bits per heavy atom. The molecule has 1 aliphatic rings. The number of anilines is 1. The summed E-state index contributed by atoms with van der Waals surface area (Å²) in [4.78, 5) is 12.3. The Morgan fingerprint density at radius 2 is 1.96 bits per heavy atom. The molecule has 3 N–H and O–H groups in total. The fourth-order valence-corrected chi connectivity index (χ4v) is 3.48. The second kappa shape index (κ2) is 9.22. The van der Waals surface area contributed by atoms with Gasteiger partial charge in [0.15, 0.2) is 0 Å². The summed E-state index contributed by atoms with van der Waals surface area (Å²) in [6, 6.07) is 6.06. The van der Waals surface area contributed by atoms with Gasteiger partial charge in [-0.25, -0.2) is 13.1 Å². The smallest absolute Gasteiger partial charge is 0.241 e. The van der Waals surface area contributed by atoms with E-state index < -0.39 is 10.0 Å². The van der Waals surface area contributed by atoms with Crippen LogP contribution in [0.2, 0.25) is 0 Å². The first-order valence-electron chi connectivity index (χ1n) is 7.67. The third kappa shape index (κ3) is 5.76. The molecule has 1 amide bonds. The van der Waals surface area contributed by atoms with Crippen molar-refractivity contribution in [3.05, 3.63) is 24.3 Å². The van der Waals surface area contributed by atoms with E-state index in [1.807, 2.05) is 6.92 Å². The van der Waals surface area contributed by atoms with Crippen molar-refractivity contribution in [2.45, 2.75) is 43.5 Å². The molecule has 0 aliphatic carbocycles. The summed E-state index contributed by atoms with van der Waals surface area (Å²) >= 11 is 0. The summed E-state index contributed by atoms with van der Waals surface area (Å²) in [5.74, 6) is -0.0700. The maximum atomic E-state index is 12.1. The van der Waals surface area contributed by atoms with Crippen molar-refractivity contribution in [2.75, 3.05) is 18.4 Å². The summed E-state index contributed by atoms with van der Waals surface area (Å²) in [6.45, 7) is 3.17. The van der Waals surface area contributed by atoms with Gasteiger partial charge in [0.05, 0.1) is 10.9 Å². The number of hydrogen-bond donors (Lipinski definition) is 3. The molecule has 0 radical (unpaired) electrons. The second-order valence-electron chi connectivity index (χ2n) is 5.41. The number of amides is 1. The molecule has 0 spiro atoms. The topological polar surface area (TPSA) is 87.3 Å². The summed E-state index contributed by atoms with van der Waals surface area (Å²) < 4.78 is 26.4. The quantitative estimate of drug-likeness (QED) is 0.722. The lowest BCUT2D eigenvalue weighted by Gasteiger charge is -2.22. The van der Waals surface area contributed by atoms with Gasteiger partial charge in [-0.2, -0.15) is 0 Å². The Bertz CT molecular complexity index is 599. The zero-order chi connectivity index (χ0) is 16.0. The third-order valence-electron chi connectivity index (χ3n) is 3.60. The molecule has 1 atom stereocenters. The molecule has 1 aromatic rings. The van der Waals surface area contributed by atoms with Gasteiger partial charge in [-0.3, -0.25) is 4.79 Å². The predicted octanol–water partition coefficient (Wildman–Crippen LogP) is 1.88. The zero-order valence-electron chi connectivity index (χ0n) is 13.2. The SMILES string of the molecule is CCCNS(=O)(=O)c1ccc(NC(=O)C2CCCCN2)cc1.Cl. The van der Waals surface area contributed by atoms with E-state index in [0.29, 0.717) is 12.2 Å². The molecule has 2 rings (SSSR count). The van der Waals surface area contributed by atoms with Gasteiger partial charge >= 0.3 is 0 Å². The van der Waals surface area contributed by atoms with Crippen molar-refractivity contribution in [3.63, 3.8) is 0 Å². The zero-order valence-corrected chi connectivity index (χ0v) is 14.8. The number of sulfonamides is 1. The fourth-order valence-electron chi connectivity index (χ4n) is 2.34. The minimum atomic E-state index is -3.46. The average molecular weight is 362 g/mol. The van der Waals surface area contributed by atoms with Crippen molar-refractivity contribution >= 4 is 34.0 Å². The summed E-state index contributed by atoms with van der Waals surface area (Å²) in [7, 11) is -3.46. The Kier molecular flexibility index (Phi) is 7.98. The normalized spacial score (nSPS) is 18.0. The van der Waals surface area contributed by atoms with Crippen molar-refractivity contribution < 1.29 is 13.2 Å². The number of benzene rings is 1. The van der Waals surface area contributed by atoms with Crippen LogP contribution in [0, 0.1) is 0 Å². The second-order valence-corrected chi connectivity index (χ2v) is 7.18. The monoisotopic (exact) mass is 361 g/mol. The lowest BCUT2D eigenvalue weighted by molar-refractivity contribution is -0.118. The first kappa shape index (κ1) is 19.9. The molecule has 1 fully saturated rings. The predicted molar refractivity (Wildman–Crippen MR) is 93.4 cm³/mol. The average Bonchev–Trinajstić information content (AvgIpc) is 2.54. The summed E-state index contributed by atoms with van der Waals surface area (Å²) in [5.41, 5.74) is 0.604. The molecule has 23 heavy (non-hydrogen) atoms. The van der Waals surface area contributed by atoms with Crippen LogP contribution in [0.25, 0.3) is 0 Å².